The van der Waals surface area contributed by atoms with Gasteiger partial charge >= 0.3 is 0 Å². The lowest BCUT2D eigenvalue weighted by Crippen LogP contribution is -2.40. The molecule has 1 heterocycles. The maximum Gasteiger partial charge on any atom is 0.260 e. The summed E-state index contributed by atoms with van der Waals surface area (Å²) in [6.07, 6.45) is 5.10. The van der Waals surface area contributed by atoms with Crippen molar-refractivity contribution >= 4 is 17.5 Å². The number of nitrogens with zero attached hydrogens (tertiary/aromatic N) is 1. The Kier molecular flexibility index (Phi) is 5.54. The Labute approximate surface area is 156 Å². The molecule has 1 aromatic rings. The largest absolute Gasteiger partial charge is 0.484 e. The van der Waals surface area contributed by atoms with Gasteiger partial charge in [-0.25, -0.2) is 0 Å². The van der Waals surface area contributed by atoms with Crippen LogP contribution in [0.3, 0.4) is 0 Å². The molecule has 0 aromatic heterocycles. The molecule has 26 heavy (non-hydrogen) atoms. The van der Waals surface area contributed by atoms with Gasteiger partial charge in [0.25, 0.3) is 5.91 Å². The number of carbonyl (C=O) groups excluding carboxylic acids is 2. The van der Waals surface area contributed by atoms with E-state index in [0.717, 1.165) is 44.3 Å². The third kappa shape index (κ3) is 5.23. The first kappa shape index (κ1) is 18.7. The van der Waals surface area contributed by atoms with Crippen molar-refractivity contribution in [1.82, 2.24) is 4.90 Å². The fourth-order valence-corrected chi connectivity index (χ4v) is 3.56. The van der Waals surface area contributed by atoms with Gasteiger partial charge in [-0.2, -0.15) is 0 Å². The number of hydrogen-bond acceptors (Lipinski definition) is 3. The highest BCUT2D eigenvalue weighted by Gasteiger charge is 2.32. The van der Waals surface area contributed by atoms with Crippen molar-refractivity contribution in [2.24, 2.45) is 11.3 Å². The minimum atomic E-state index is 0.0423. The first-order valence-corrected chi connectivity index (χ1v) is 9.65. The number of carbonyl (C=O) groups is 2. The molecule has 5 nitrogen and oxygen atoms in total. The van der Waals surface area contributed by atoms with Crippen LogP contribution in [0.1, 0.15) is 52.9 Å². The molecule has 1 unspecified atom stereocenters. The van der Waals surface area contributed by atoms with Gasteiger partial charge in [0.2, 0.25) is 5.91 Å². The monoisotopic (exact) mass is 358 g/mol. The van der Waals surface area contributed by atoms with Crippen LogP contribution < -0.4 is 10.1 Å². The Morgan fingerprint density at radius 1 is 1.23 bits per heavy atom. The fourth-order valence-electron chi connectivity index (χ4n) is 3.56. The molecule has 2 amide bonds. The molecule has 0 spiro atoms. The van der Waals surface area contributed by atoms with Crippen molar-refractivity contribution in [3.63, 3.8) is 0 Å². The molecule has 0 bridgehead atoms. The molecule has 1 aromatic carbocycles. The highest BCUT2D eigenvalue weighted by Crippen LogP contribution is 2.31. The van der Waals surface area contributed by atoms with Crippen LogP contribution in [-0.2, 0) is 9.59 Å². The van der Waals surface area contributed by atoms with Crippen molar-refractivity contribution in [2.45, 2.75) is 58.9 Å². The lowest BCUT2D eigenvalue weighted by atomic mass is 9.87. The van der Waals surface area contributed by atoms with E-state index in [2.05, 4.69) is 26.1 Å². The molecule has 3 rings (SSSR count). The Bertz CT molecular complexity index is 661. The molecule has 1 saturated carbocycles. The fraction of sp³-hybridized carbons (Fsp3) is 0.619. The Morgan fingerprint density at radius 2 is 2.00 bits per heavy atom. The van der Waals surface area contributed by atoms with Gasteiger partial charge in [-0.3, -0.25) is 9.59 Å². The first-order chi connectivity index (χ1) is 12.3. The number of amides is 2. The summed E-state index contributed by atoms with van der Waals surface area (Å²) in [6, 6.07) is 7.59. The maximum absolute atomic E-state index is 12.6. The molecule has 5 heteroatoms. The van der Waals surface area contributed by atoms with Gasteiger partial charge < -0.3 is 15.0 Å². The molecule has 0 radical (unpaired) electrons. The van der Waals surface area contributed by atoms with E-state index >= 15 is 0 Å². The zero-order valence-electron chi connectivity index (χ0n) is 16.1. The average molecular weight is 358 g/mol. The molecular weight excluding hydrogens is 328 g/mol. The predicted octanol–water partition coefficient (Wildman–Crippen LogP) is 3.84. The van der Waals surface area contributed by atoms with Crippen molar-refractivity contribution in [1.29, 1.82) is 0 Å². The first-order valence-electron chi connectivity index (χ1n) is 9.65. The smallest absolute Gasteiger partial charge is 0.260 e. The average Bonchev–Trinajstić information content (AvgIpc) is 3.32. The summed E-state index contributed by atoms with van der Waals surface area (Å²) < 4.78 is 5.71. The van der Waals surface area contributed by atoms with E-state index in [4.69, 9.17) is 4.74 Å². The third-order valence-corrected chi connectivity index (χ3v) is 4.96. The van der Waals surface area contributed by atoms with Crippen LogP contribution in [0.5, 0.6) is 5.75 Å². The quantitative estimate of drug-likeness (QED) is 0.840. The van der Waals surface area contributed by atoms with Gasteiger partial charge in [-0.15, -0.1) is 0 Å². The standard InChI is InChI=1S/C21H30N2O3/c1-21(2,3)13-17-7-5-11-23(17)19(24)14-26-18-8-4-6-16(12-18)22-20(25)15-9-10-15/h4,6,8,12,15,17H,5,7,9-11,13-14H2,1-3H3,(H,22,25). The molecule has 1 atom stereocenters. The van der Waals surface area contributed by atoms with E-state index in [1.807, 2.05) is 23.1 Å². The SMILES string of the molecule is CC(C)(C)CC1CCCN1C(=O)COc1cccc(NC(=O)C2CC2)c1. The topological polar surface area (TPSA) is 58.6 Å². The second kappa shape index (κ2) is 7.68. The van der Waals surface area contributed by atoms with Crippen LogP contribution >= 0.6 is 0 Å². The molecule has 1 saturated heterocycles. The van der Waals surface area contributed by atoms with E-state index in [-0.39, 0.29) is 29.8 Å². The van der Waals surface area contributed by atoms with E-state index in [9.17, 15) is 9.59 Å². The van der Waals surface area contributed by atoms with Gasteiger partial charge in [0, 0.05) is 30.3 Å². The molecule has 2 aliphatic rings. The van der Waals surface area contributed by atoms with Gasteiger partial charge in [0.05, 0.1) is 0 Å². The molecule has 2 fully saturated rings. The minimum Gasteiger partial charge on any atom is -0.484 e. The molecular formula is C21H30N2O3. The van der Waals surface area contributed by atoms with Crippen molar-refractivity contribution in [3.05, 3.63) is 24.3 Å². The van der Waals surface area contributed by atoms with Crippen LogP contribution in [0, 0.1) is 11.3 Å². The van der Waals surface area contributed by atoms with Crippen molar-refractivity contribution in [2.75, 3.05) is 18.5 Å². The van der Waals surface area contributed by atoms with Gasteiger partial charge in [-0.1, -0.05) is 26.8 Å². The normalized spacial score (nSPS) is 20.1. The third-order valence-electron chi connectivity index (χ3n) is 4.96. The molecule has 142 valence electrons. The number of nitrogens with one attached hydrogen (secondary N) is 1. The van der Waals surface area contributed by atoms with Crippen LogP contribution in [0.15, 0.2) is 24.3 Å². The summed E-state index contributed by atoms with van der Waals surface area (Å²) in [7, 11) is 0. The van der Waals surface area contributed by atoms with E-state index in [0.29, 0.717) is 11.8 Å². The van der Waals surface area contributed by atoms with Crippen LogP contribution in [0.25, 0.3) is 0 Å². The van der Waals surface area contributed by atoms with E-state index in [1.54, 1.807) is 6.07 Å². The zero-order valence-corrected chi connectivity index (χ0v) is 16.1. The lowest BCUT2D eigenvalue weighted by molar-refractivity contribution is -0.134. The highest BCUT2D eigenvalue weighted by molar-refractivity contribution is 5.94. The van der Waals surface area contributed by atoms with Crippen LogP contribution in [-0.4, -0.2) is 35.9 Å². The van der Waals surface area contributed by atoms with E-state index in [1.165, 1.54) is 0 Å². The molecule has 1 N–H and O–H groups in total. The number of ether oxygens (including phenoxy) is 1. The summed E-state index contributed by atoms with van der Waals surface area (Å²) in [5.41, 5.74) is 0.932. The van der Waals surface area contributed by atoms with Crippen molar-refractivity contribution in [3.8, 4) is 5.75 Å². The second-order valence-electron chi connectivity index (χ2n) is 8.73. The number of anilines is 1. The number of hydrogen-bond donors (Lipinski definition) is 1. The zero-order chi connectivity index (χ0) is 18.7. The number of rotatable bonds is 6. The lowest BCUT2D eigenvalue weighted by Gasteiger charge is -2.30. The van der Waals surface area contributed by atoms with Crippen LogP contribution in [0.4, 0.5) is 5.69 Å². The minimum absolute atomic E-state index is 0.0423. The van der Waals surface area contributed by atoms with Gasteiger partial charge in [0.15, 0.2) is 6.61 Å². The number of benzene rings is 1. The van der Waals surface area contributed by atoms with Crippen molar-refractivity contribution < 1.29 is 14.3 Å². The maximum atomic E-state index is 12.6. The van der Waals surface area contributed by atoms with Gasteiger partial charge in [0.1, 0.15) is 5.75 Å². The summed E-state index contributed by atoms with van der Waals surface area (Å²) in [4.78, 5) is 26.4. The number of likely N-dealkylation sites (tertiary alicyclic amines) is 1. The molecule has 1 aliphatic carbocycles. The highest BCUT2D eigenvalue weighted by atomic mass is 16.5. The Balaban J connectivity index is 1.53. The van der Waals surface area contributed by atoms with Crippen LogP contribution in [0.2, 0.25) is 0 Å². The Hall–Kier alpha value is -2.04. The molecule has 1 aliphatic heterocycles. The summed E-state index contributed by atoms with van der Waals surface area (Å²) in [5.74, 6) is 0.888. The van der Waals surface area contributed by atoms with E-state index < -0.39 is 0 Å². The summed E-state index contributed by atoms with van der Waals surface area (Å²) in [6.45, 7) is 7.50. The Morgan fingerprint density at radius 3 is 2.69 bits per heavy atom. The van der Waals surface area contributed by atoms with Gasteiger partial charge in [-0.05, 0) is 49.7 Å². The second-order valence-corrected chi connectivity index (χ2v) is 8.73. The predicted molar refractivity (Wildman–Crippen MR) is 102 cm³/mol. The summed E-state index contributed by atoms with van der Waals surface area (Å²) >= 11 is 0. The summed E-state index contributed by atoms with van der Waals surface area (Å²) in [5, 5.41) is 2.91.